The van der Waals surface area contributed by atoms with E-state index in [1.807, 2.05) is 18.2 Å². The Labute approximate surface area is 126 Å². The van der Waals surface area contributed by atoms with E-state index in [-0.39, 0.29) is 11.8 Å². The number of rotatable bonds is 3. The van der Waals surface area contributed by atoms with Gasteiger partial charge in [0.25, 0.3) is 0 Å². The first-order valence-electron chi connectivity index (χ1n) is 6.42. The largest absolute Gasteiger partial charge is 0.496 e. The molecular weight excluding hydrogens is 324 g/mol. The molecule has 1 N–H and O–H groups in total. The van der Waals surface area contributed by atoms with Crippen LogP contribution in [-0.4, -0.2) is 36.4 Å². The normalized spacial score (nSPS) is 19.6. The van der Waals surface area contributed by atoms with Gasteiger partial charge in [-0.25, -0.2) is 0 Å². The molecule has 2 amide bonds. The lowest BCUT2D eigenvalue weighted by molar-refractivity contribution is -0.133. The summed E-state index contributed by atoms with van der Waals surface area (Å²) >= 11 is 3.42. The lowest BCUT2D eigenvalue weighted by Gasteiger charge is -2.23. The van der Waals surface area contributed by atoms with Crippen LogP contribution in [-0.2, 0) is 16.1 Å². The average molecular weight is 341 g/mol. The van der Waals surface area contributed by atoms with Crippen LogP contribution in [0.2, 0.25) is 0 Å². The number of nitrogens with zero attached hydrogens (tertiary/aromatic N) is 1. The summed E-state index contributed by atoms with van der Waals surface area (Å²) in [4.78, 5) is 25.4. The molecule has 1 fully saturated rings. The van der Waals surface area contributed by atoms with Gasteiger partial charge in [-0.2, -0.15) is 0 Å². The van der Waals surface area contributed by atoms with E-state index in [0.717, 1.165) is 15.8 Å². The van der Waals surface area contributed by atoms with Gasteiger partial charge in [-0.05, 0) is 25.1 Å². The van der Waals surface area contributed by atoms with Crippen molar-refractivity contribution in [2.45, 2.75) is 25.9 Å². The van der Waals surface area contributed by atoms with E-state index in [4.69, 9.17) is 4.74 Å². The third kappa shape index (κ3) is 3.30. The molecule has 2 rings (SSSR count). The fraction of sp³-hybridized carbons (Fsp3) is 0.429. The Morgan fingerprint density at radius 3 is 2.90 bits per heavy atom. The van der Waals surface area contributed by atoms with Crippen molar-refractivity contribution in [3.05, 3.63) is 28.2 Å². The Kier molecular flexibility index (Phi) is 4.65. The van der Waals surface area contributed by atoms with Crippen LogP contribution < -0.4 is 10.1 Å². The van der Waals surface area contributed by atoms with Crippen LogP contribution in [0.25, 0.3) is 0 Å². The molecule has 1 aromatic carbocycles. The third-order valence-corrected chi connectivity index (χ3v) is 3.77. The van der Waals surface area contributed by atoms with Crippen molar-refractivity contribution in [1.82, 2.24) is 10.2 Å². The van der Waals surface area contributed by atoms with E-state index in [9.17, 15) is 9.59 Å². The zero-order chi connectivity index (χ0) is 14.7. The standard InChI is InChI=1S/C14H17BrN2O3/c1-9-14(19)17(6-5-13(18)16-9)8-10-7-11(15)3-4-12(10)20-2/h3-4,7,9H,5-6,8H2,1-2H3,(H,16,18). The quantitative estimate of drug-likeness (QED) is 0.910. The molecule has 5 nitrogen and oxygen atoms in total. The smallest absolute Gasteiger partial charge is 0.245 e. The number of amides is 2. The number of hydrogen-bond donors (Lipinski definition) is 1. The number of ether oxygens (including phenoxy) is 1. The zero-order valence-electron chi connectivity index (χ0n) is 11.5. The van der Waals surface area contributed by atoms with Crippen molar-refractivity contribution >= 4 is 27.7 Å². The Balaban J connectivity index is 2.22. The molecule has 1 aliphatic heterocycles. The van der Waals surface area contributed by atoms with Gasteiger partial charge in [-0.1, -0.05) is 15.9 Å². The summed E-state index contributed by atoms with van der Waals surface area (Å²) in [7, 11) is 1.60. The third-order valence-electron chi connectivity index (χ3n) is 3.27. The number of nitrogens with one attached hydrogen (secondary N) is 1. The van der Waals surface area contributed by atoms with Crippen molar-refractivity contribution in [3.63, 3.8) is 0 Å². The molecule has 1 saturated heterocycles. The molecule has 0 aliphatic carbocycles. The Morgan fingerprint density at radius 1 is 1.45 bits per heavy atom. The van der Waals surface area contributed by atoms with Gasteiger partial charge < -0.3 is 15.0 Å². The van der Waals surface area contributed by atoms with E-state index in [1.165, 1.54) is 0 Å². The second kappa shape index (κ2) is 6.26. The molecule has 6 heteroatoms. The molecule has 0 bridgehead atoms. The zero-order valence-corrected chi connectivity index (χ0v) is 13.1. The maximum Gasteiger partial charge on any atom is 0.245 e. The number of carbonyl (C=O) groups excluding carboxylic acids is 2. The number of methoxy groups -OCH3 is 1. The fourth-order valence-corrected chi connectivity index (χ4v) is 2.64. The molecule has 1 aliphatic rings. The van der Waals surface area contributed by atoms with Gasteiger partial charge >= 0.3 is 0 Å². The van der Waals surface area contributed by atoms with Gasteiger partial charge in [0.1, 0.15) is 11.8 Å². The van der Waals surface area contributed by atoms with Crippen LogP contribution in [0.3, 0.4) is 0 Å². The van der Waals surface area contributed by atoms with Gasteiger partial charge in [0, 0.05) is 29.5 Å². The van der Waals surface area contributed by atoms with Crippen LogP contribution in [0, 0.1) is 0 Å². The van der Waals surface area contributed by atoms with Gasteiger partial charge in [0.2, 0.25) is 11.8 Å². The molecule has 0 saturated carbocycles. The molecule has 1 atom stereocenters. The number of halogens is 1. The SMILES string of the molecule is COc1ccc(Br)cc1CN1CCC(=O)NC(C)C1=O. The lowest BCUT2D eigenvalue weighted by atomic mass is 10.1. The summed E-state index contributed by atoms with van der Waals surface area (Å²) < 4.78 is 6.24. The summed E-state index contributed by atoms with van der Waals surface area (Å²) in [6.45, 7) is 2.56. The van der Waals surface area contributed by atoms with E-state index in [0.29, 0.717) is 19.5 Å². The maximum absolute atomic E-state index is 12.2. The highest BCUT2D eigenvalue weighted by atomic mass is 79.9. The van der Waals surface area contributed by atoms with E-state index < -0.39 is 6.04 Å². The van der Waals surface area contributed by atoms with Crippen molar-refractivity contribution in [2.75, 3.05) is 13.7 Å². The Bertz CT molecular complexity index is 533. The molecule has 20 heavy (non-hydrogen) atoms. The molecule has 0 spiro atoms. The maximum atomic E-state index is 12.2. The molecular formula is C14H17BrN2O3. The van der Waals surface area contributed by atoms with E-state index in [2.05, 4.69) is 21.2 Å². The summed E-state index contributed by atoms with van der Waals surface area (Å²) in [5.41, 5.74) is 0.914. The number of carbonyl (C=O) groups is 2. The topological polar surface area (TPSA) is 58.6 Å². The number of hydrogen-bond acceptors (Lipinski definition) is 3. The molecule has 0 radical (unpaired) electrons. The highest BCUT2D eigenvalue weighted by Crippen LogP contribution is 2.25. The first-order chi connectivity index (χ1) is 9.51. The minimum absolute atomic E-state index is 0.0714. The predicted octanol–water partition coefficient (Wildman–Crippen LogP) is 1.69. The van der Waals surface area contributed by atoms with Crippen LogP contribution >= 0.6 is 15.9 Å². The highest BCUT2D eigenvalue weighted by Gasteiger charge is 2.27. The van der Waals surface area contributed by atoms with Crippen molar-refractivity contribution < 1.29 is 14.3 Å². The van der Waals surface area contributed by atoms with Crippen molar-refractivity contribution in [1.29, 1.82) is 0 Å². The second-order valence-electron chi connectivity index (χ2n) is 4.76. The predicted molar refractivity (Wildman–Crippen MR) is 78.3 cm³/mol. The first-order valence-corrected chi connectivity index (χ1v) is 7.21. The van der Waals surface area contributed by atoms with E-state index in [1.54, 1.807) is 18.9 Å². The van der Waals surface area contributed by atoms with Gasteiger partial charge in [-0.15, -0.1) is 0 Å². The Morgan fingerprint density at radius 2 is 2.20 bits per heavy atom. The Hall–Kier alpha value is -1.56. The van der Waals surface area contributed by atoms with Crippen LogP contribution in [0.5, 0.6) is 5.75 Å². The van der Waals surface area contributed by atoms with Gasteiger partial charge in [0.05, 0.1) is 7.11 Å². The minimum Gasteiger partial charge on any atom is -0.496 e. The fourth-order valence-electron chi connectivity index (χ4n) is 2.23. The summed E-state index contributed by atoms with van der Waals surface area (Å²) in [5.74, 6) is 0.574. The minimum atomic E-state index is -0.483. The van der Waals surface area contributed by atoms with Gasteiger partial charge in [-0.3, -0.25) is 9.59 Å². The molecule has 108 valence electrons. The molecule has 0 aromatic heterocycles. The summed E-state index contributed by atoms with van der Waals surface area (Å²) in [6.07, 6.45) is 0.326. The second-order valence-corrected chi connectivity index (χ2v) is 5.67. The summed E-state index contributed by atoms with van der Waals surface area (Å²) in [5, 5.41) is 2.68. The van der Waals surface area contributed by atoms with Crippen molar-refractivity contribution in [3.8, 4) is 5.75 Å². The van der Waals surface area contributed by atoms with Crippen LogP contribution in [0.15, 0.2) is 22.7 Å². The average Bonchev–Trinajstić information content (AvgIpc) is 2.53. The monoisotopic (exact) mass is 340 g/mol. The van der Waals surface area contributed by atoms with E-state index >= 15 is 0 Å². The first kappa shape index (κ1) is 14.8. The van der Waals surface area contributed by atoms with Crippen molar-refractivity contribution in [2.24, 2.45) is 0 Å². The van der Waals surface area contributed by atoms with Gasteiger partial charge in [0.15, 0.2) is 0 Å². The number of benzene rings is 1. The summed E-state index contributed by atoms with van der Waals surface area (Å²) in [6, 6.07) is 5.19. The molecule has 1 heterocycles. The lowest BCUT2D eigenvalue weighted by Crippen LogP contribution is -2.42. The van der Waals surface area contributed by atoms with Crippen LogP contribution in [0.1, 0.15) is 18.9 Å². The van der Waals surface area contributed by atoms with Crippen LogP contribution in [0.4, 0.5) is 0 Å². The molecule has 1 unspecified atom stereocenters. The molecule has 1 aromatic rings. The highest BCUT2D eigenvalue weighted by molar-refractivity contribution is 9.10.